The van der Waals surface area contributed by atoms with Gasteiger partial charge in [0.05, 0.1) is 5.75 Å². The molecule has 1 aromatic rings. The molecule has 0 amide bonds. The zero-order valence-electron chi connectivity index (χ0n) is 11.2. The minimum Gasteiger partial charge on any atom is -0.653 e. The van der Waals surface area contributed by atoms with E-state index < -0.39 is 0 Å². The summed E-state index contributed by atoms with van der Waals surface area (Å²) in [4.78, 5) is 0. The van der Waals surface area contributed by atoms with Crippen molar-refractivity contribution in [1.29, 1.82) is 0 Å². The minimum atomic E-state index is 0.104. The van der Waals surface area contributed by atoms with Gasteiger partial charge in [0.15, 0.2) is 0 Å². The maximum Gasteiger partial charge on any atom is 0.482 e. The lowest BCUT2D eigenvalue weighted by Crippen LogP contribution is -2.17. The molecule has 1 nitrogen and oxygen atoms in total. The molecule has 1 aromatic carbocycles. The molecule has 0 aromatic heterocycles. The lowest BCUT2D eigenvalue weighted by atomic mass is 9.80. The average molecular weight is 232 g/mol. The fraction of sp³-hybridized carbons (Fsp3) is 0.571. The van der Waals surface area contributed by atoms with Crippen LogP contribution in [0.2, 0.25) is 0 Å². The van der Waals surface area contributed by atoms with Crippen LogP contribution >= 0.6 is 0 Å². The standard InChI is InChI=1S/C14H22O.Al/c1-13(2,3)10-7-8-12(15)11(9-10)14(4,5)6;/h7-9,15H,1-6H3;/q;+1/p-1. The molecule has 16 heavy (non-hydrogen) atoms. The van der Waals surface area contributed by atoms with Gasteiger partial charge in [0.1, 0.15) is 0 Å². The summed E-state index contributed by atoms with van der Waals surface area (Å²) in [7, 11) is 0. The highest BCUT2D eigenvalue weighted by molar-refractivity contribution is 6.00. The molecule has 2 heteroatoms. The van der Waals surface area contributed by atoms with Crippen LogP contribution in [0.15, 0.2) is 18.2 Å². The molecule has 0 aliphatic rings. The zero-order chi connectivity index (χ0) is 12.6. The Morgan fingerprint density at radius 3 is 1.88 bits per heavy atom. The van der Waals surface area contributed by atoms with Crippen molar-refractivity contribution in [3.05, 3.63) is 29.3 Å². The molecule has 0 saturated heterocycles. The van der Waals surface area contributed by atoms with Gasteiger partial charge in [-0.2, -0.15) is 0 Å². The third kappa shape index (κ3) is 3.03. The lowest BCUT2D eigenvalue weighted by molar-refractivity contribution is 0.527. The second kappa shape index (κ2) is 4.43. The van der Waals surface area contributed by atoms with E-state index in [0.717, 1.165) is 5.75 Å². The van der Waals surface area contributed by atoms with Crippen LogP contribution in [0, 0.1) is 0 Å². The number of hydrogen-bond donors (Lipinski definition) is 0. The second-order valence-corrected chi connectivity index (χ2v) is 6.56. The molecule has 1 rings (SSSR count). The number of hydrogen-bond acceptors (Lipinski definition) is 1. The zero-order valence-corrected chi connectivity index (χ0v) is 12.4. The van der Waals surface area contributed by atoms with Gasteiger partial charge < -0.3 is 3.79 Å². The molecule has 0 saturated carbocycles. The highest BCUT2D eigenvalue weighted by Crippen LogP contribution is 2.35. The maximum absolute atomic E-state index is 5.36. The van der Waals surface area contributed by atoms with Crippen LogP contribution in [0.25, 0.3) is 0 Å². The molecule has 0 unspecified atom stereocenters. The lowest BCUT2D eigenvalue weighted by Gasteiger charge is -2.27. The van der Waals surface area contributed by atoms with Gasteiger partial charge in [0, 0.05) is 0 Å². The average Bonchev–Trinajstić information content (AvgIpc) is 2.14. The summed E-state index contributed by atoms with van der Waals surface area (Å²) in [6.07, 6.45) is 0. The van der Waals surface area contributed by atoms with E-state index in [9.17, 15) is 0 Å². The van der Waals surface area contributed by atoms with E-state index >= 15 is 0 Å². The van der Waals surface area contributed by atoms with Crippen molar-refractivity contribution in [1.82, 2.24) is 0 Å². The van der Waals surface area contributed by atoms with Gasteiger partial charge >= 0.3 is 16.6 Å². The van der Waals surface area contributed by atoms with Gasteiger partial charge in [-0.3, -0.25) is 0 Å². The Morgan fingerprint density at radius 2 is 1.50 bits per heavy atom. The van der Waals surface area contributed by atoms with E-state index in [1.54, 1.807) is 0 Å². The van der Waals surface area contributed by atoms with Gasteiger partial charge in [0.2, 0.25) is 0 Å². The molecule has 0 aliphatic carbocycles. The first kappa shape index (κ1) is 13.6. The predicted octanol–water partition coefficient (Wildman–Crippen LogP) is 3.74. The van der Waals surface area contributed by atoms with E-state index in [2.05, 4.69) is 76.4 Å². The monoisotopic (exact) mass is 232 g/mol. The van der Waals surface area contributed by atoms with Crippen LogP contribution < -0.4 is 3.79 Å². The SMILES string of the molecule is CC(C)(C)c1ccc([O][Al])c(C(C)(C)C)c1. The Balaban J connectivity index is 3.34. The summed E-state index contributed by atoms with van der Waals surface area (Å²) in [5.41, 5.74) is 2.89. The van der Waals surface area contributed by atoms with Crippen LogP contribution in [-0.2, 0) is 10.8 Å². The Kier molecular flexibility index (Phi) is 3.77. The fourth-order valence-corrected chi connectivity index (χ4v) is 1.89. The molecule has 0 heterocycles. The van der Waals surface area contributed by atoms with Crippen LogP contribution in [0.1, 0.15) is 52.7 Å². The van der Waals surface area contributed by atoms with Crippen LogP contribution in [0.5, 0.6) is 5.75 Å². The van der Waals surface area contributed by atoms with Gasteiger partial charge in [-0.05, 0) is 28.0 Å². The third-order valence-corrected chi connectivity index (χ3v) is 3.03. The van der Waals surface area contributed by atoms with E-state index in [1.807, 2.05) is 0 Å². The molecular formula is C14H21AlO. The van der Waals surface area contributed by atoms with Crippen molar-refractivity contribution in [3.8, 4) is 5.75 Å². The molecule has 0 N–H and O–H groups in total. The smallest absolute Gasteiger partial charge is 0.482 e. The first-order valence-corrected chi connectivity index (χ1v) is 6.15. The van der Waals surface area contributed by atoms with Crippen molar-refractivity contribution in [2.24, 2.45) is 0 Å². The highest BCUT2D eigenvalue weighted by Gasteiger charge is 2.21. The largest absolute Gasteiger partial charge is 0.653 e. The molecule has 2 radical (unpaired) electrons. The van der Waals surface area contributed by atoms with Crippen molar-refractivity contribution >= 4 is 16.6 Å². The topological polar surface area (TPSA) is 9.23 Å². The number of rotatable bonds is 1. The van der Waals surface area contributed by atoms with Crippen LogP contribution in [0.4, 0.5) is 0 Å². The molecule has 0 spiro atoms. The van der Waals surface area contributed by atoms with Gasteiger partial charge in [0.25, 0.3) is 0 Å². The van der Waals surface area contributed by atoms with Crippen molar-refractivity contribution in [2.45, 2.75) is 52.4 Å². The van der Waals surface area contributed by atoms with Gasteiger partial charge in [-0.25, -0.2) is 0 Å². The third-order valence-electron chi connectivity index (χ3n) is 2.78. The van der Waals surface area contributed by atoms with E-state index in [1.165, 1.54) is 11.1 Å². The first-order valence-electron chi connectivity index (χ1n) is 5.68. The predicted molar refractivity (Wildman–Crippen MR) is 70.2 cm³/mol. The summed E-state index contributed by atoms with van der Waals surface area (Å²) < 4.78 is 5.36. The number of benzene rings is 1. The molecule has 0 atom stereocenters. The normalized spacial score (nSPS) is 12.6. The van der Waals surface area contributed by atoms with Gasteiger partial charge in [-0.15, -0.1) is 0 Å². The van der Waals surface area contributed by atoms with Crippen molar-refractivity contribution in [3.63, 3.8) is 0 Å². The van der Waals surface area contributed by atoms with E-state index in [4.69, 9.17) is 3.79 Å². The van der Waals surface area contributed by atoms with E-state index in [0.29, 0.717) is 0 Å². The second-order valence-electron chi connectivity index (χ2n) is 6.33. The Hall–Kier alpha value is -0.448. The van der Waals surface area contributed by atoms with Crippen LogP contribution in [0.3, 0.4) is 0 Å². The quantitative estimate of drug-likeness (QED) is 0.670. The van der Waals surface area contributed by atoms with E-state index in [-0.39, 0.29) is 10.8 Å². The Morgan fingerprint density at radius 1 is 0.938 bits per heavy atom. The molecule has 0 bridgehead atoms. The molecule has 86 valence electrons. The summed E-state index contributed by atoms with van der Waals surface area (Å²) in [5, 5.41) is 0. The Bertz CT molecular complexity index is 369. The first-order chi connectivity index (χ1) is 7.16. The summed E-state index contributed by atoms with van der Waals surface area (Å²) in [6.45, 7) is 13.3. The Labute approximate surface area is 108 Å². The summed E-state index contributed by atoms with van der Waals surface area (Å²) in [5.74, 6) is 0.950. The maximum atomic E-state index is 5.36. The highest BCUT2D eigenvalue weighted by atomic mass is 27.1. The summed E-state index contributed by atoms with van der Waals surface area (Å²) >= 11 is 2.33. The molecule has 0 fully saturated rings. The van der Waals surface area contributed by atoms with Crippen molar-refractivity contribution < 1.29 is 3.79 Å². The molecule has 0 aliphatic heterocycles. The van der Waals surface area contributed by atoms with Gasteiger partial charge in [-0.1, -0.05) is 53.7 Å². The fourth-order valence-electron chi connectivity index (χ4n) is 1.69. The summed E-state index contributed by atoms with van der Waals surface area (Å²) in [6, 6.07) is 6.47. The minimum absolute atomic E-state index is 0.104. The van der Waals surface area contributed by atoms with Crippen molar-refractivity contribution in [2.75, 3.05) is 0 Å². The van der Waals surface area contributed by atoms with Crippen LogP contribution in [-0.4, -0.2) is 16.6 Å². The molecular weight excluding hydrogens is 211 g/mol.